The van der Waals surface area contributed by atoms with E-state index in [2.05, 4.69) is 9.50 Å². The smallest absolute Gasteiger partial charge is 0.478 e. The second kappa shape index (κ2) is 6.18. The summed E-state index contributed by atoms with van der Waals surface area (Å²) in [5.74, 6) is -2.03. The molecular formula is C12H14FNO7S. The number of halogens is 1. The predicted molar refractivity (Wildman–Crippen MR) is 73.9 cm³/mol. The van der Waals surface area contributed by atoms with Crippen molar-refractivity contribution in [3.8, 4) is 5.75 Å². The minimum absolute atomic E-state index is 0.162. The molecule has 22 heavy (non-hydrogen) atoms. The zero-order valence-electron chi connectivity index (χ0n) is 11.9. The third kappa shape index (κ3) is 5.95. The van der Waals surface area contributed by atoms with Crippen LogP contribution in [-0.2, 0) is 15.2 Å². The minimum atomic E-state index is -5.28. The van der Waals surface area contributed by atoms with Gasteiger partial charge in [-0.1, -0.05) is 3.89 Å². The second-order valence-electron chi connectivity index (χ2n) is 5.12. The number of aromatic carboxylic acids is 1. The molecule has 0 saturated carbocycles. The summed E-state index contributed by atoms with van der Waals surface area (Å²) in [4.78, 5) is 22.7. The van der Waals surface area contributed by atoms with Crippen LogP contribution in [0.5, 0.6) is 5.75 Å². The summed E-state index contributed by atoms with van der Waals surface area (Å²) in [7, 11) is -5.28. The molecule has 0 radical (unpaired) electrons. The highest BCUT2D eigenvalue weighted by Gasteiger charge is 2.20. The second-order valence-corrected chi connectivity index (χ2v) is 6.07. The number of anilines is 1. The van der Waals surface area contributed by atoms with Gasteiger partial charge in [0.15, 0.2) is 0 Å². The lowest BCUT2D eigenvalue weighted by molar-refractivity contribution is 0.0636. The summed E-state index contributed by atoms with van der Waals surface area (Å²) in [5, 5.41) is 11.2. The molecule has 122 valence electrons. The number of nitrogens with one attached hydrogen (secondary N) is 1. The first kappa shape index (κ1) is 17.7. The fraction of sp³-hybridized carbons (Fsp3) is 0.333. The molecule has 0 unspecified atom stereocenters. The summed E-state index contributed by atoms with van der Waals surface area (Å²) in [6, 6.07) is 2.79. The van der Waals surface area contributed by atoms with Gasteiger partial charge in [-0.2, -0.15) is 8.42 Å². The van der Waals surface area contributed by atoms with E-state index in [9.17, 15) is 21.9 Å². The van der Waals surface area contributed by atoms with Crippen LogP contribution in [0.4, 0.5) is 14.4 Å². The first-order valence-electron chi connectivity index (χ1n) is 5.89. The van der Waals surface area contributed by atoms with E-state index in [-0.39, 0.29) is 5.69 Å². The predicted octanol–water partition coefficient (Wildman–Crippen LogP) is 2.32. The number of benzene rings is 1. The number of carbonyl (C=O) groups is 2. The van der Waals surface area contributed by atoms with E-state index in [1.807, 2.05) is 0 Å². The first-order valence-corrected chi connectivity index (χ1v) is 7.20. The van der Waals surface area contributed by atoms with Crippen molar-refractivity contribution in [2.45, 2.75) is 26.4 Å². The Morgan fingerprint density at radius 1 is 1.27 bits per heavy atom. The maximum Gasteiger partial charge on any atom is 0.488 e. The Morgan fingerprint density at radius 2 is 1.86 bits per heavy atom. The average molecular weight is 335 g/mol. The third-order valence-electron chi connectivity index (χ3n) is 2.05. The van der Waals surface area contributed by atoms with Gasteiger partial charge in [-0.15, -0.1) is 0 Å². The van der Waals surface area contributed by atoms with Crippen LogP contribution in [0.1, 0.15) is 31.1 Å². The molecule has 0 saturated heterocycles. The van der Waals surface area contributed by atoms with Gasteiger partial charge in [-0.3, -0.25) is 5.32 Å². The Morgan fingerprint density at radius 3 is 2.32 bits per heavy atom. The molecule has 0 atom stereocenters. The number of hydrogen-bond acceptors (Lipinski definition) is 6. The van der Waals surface area contributed by atoms with Gasteiger partial charge in [0.05, 0.1) is 11.3 Å². The first-order chi connectivity index (χ1) is 9.87. The number of carboxylic acid groups (broad SMARTS) is 1. The van der Waals surface area contributed by atoms with E-state index in [0.717, 1.165) is 18.2 Å². The molecule has 0 aliphatic carbocycles. The van der Waals surface area contributed by atoms with Gasteiger partial charge in [0, 0.05) is 0 Å². The van der Waals surface area contributed by atoms with Crippen LogP contribution in [0.2, 0.25) is 0 Å². The van der Waals surface area contributed by atoms with Gasteiger partial charge in [0.1, 0.15) is 11.4 Å². The van der Waals surface area contributed by atoms with E-state index < -0.39 is 39.5 Å². The molecule has 0 bridgehead atoms. The lowest BCUT2D eigenvalue weighted by atomic mass is 10.1. The van der Waals surface area contributed by atoms with Crippen LogP contribution >= 0.6 is 0 Å². The van der Waals surface area contributed by atoms with Gasteiger partial charge in [0.2, 0.25) is 0 Å². The highest BCUT2D eigenvalue weighted by molar-refractivity contribution is 7.81. The number of hydrogen-bond donors (Lipinski definition) is 2. The summed E-state index contributed by atoms with van der Waals surface area (Å²) >= 11 is 0. The fourth-order valence-electron chi connectivity index (χ4n) is 1.39. The molecule has 0 fully saturated rings. The van der Waals surface area contributed by atoms with Crippen molar-refractivity contribution in [1.29, 1.82) is 0 Å². The number of rotatable bonds is 4. The SMILES string of the molecule is CC(C)(C)OC(=O)Nc1ccc(OS(=O)(=O)F)cc1C(=O)O. The number of carbonyl (C=O) groups excluding carboxylic acids is 1. The lowest BCUT2D eigenvalue weighted by Crippen LogP contribution is -2.27. The van der Waals surface area contributed by atoms with Gasteiger partial charge >= 0.3 is 22.6 Å². The van der Waals surface area contributed by atoms with Gasteiger partial charge in [0.25, 0.3) is 0 Å². The van der Waals surface area contributed by atoms with Gasteiger partial charge in [-0.25, -0.2) is 9.59 Å². The standard InChI is InChI=1S/C12H14FNO7S/c1-12(2,3)20-11(17)14-9-5-4-7(21-22(13,18)19)6-8(9)10(15)16/h4-6H,1-3H3,(H,14,17)(H,15,16). The third-order valence-corrected chi connectivity index (χ3v) is 2.44. The van der Waals surface area contributed by atoms with E-state index in [4.69, 9.17) is 9.84 Å². The Bertz CT molecular complexity index is 694. The van der Waals surface area contributed by atoms with Crippen molar-refractivity contribution in [3.05, 3.63) is 23.8 Å². The Kier molecular flexibility index (Phi) is 4.97. The van der Waals surface area contributed by atoms with Crippen LogP contribution in [0.3, 0.4) is 0 Å². The van der Waals surface area contributed by atoms with Crippen molar-refractivity contribution < 1.29 is 35.9 Å². The molecule has 0 aliphatic rings. The molecule has 0 aromatic heterocycles. The van der Waals surface area contributed by atoms with Crippen molar-refractivity contribution in [3.63, 3.8) is 0 Å². The molecule has 0 heterocycles. The molecule has 1 aromatic carbocycles. The quantitative estimate of drug-likeness (QED) is 0.810. The number of amides is 1. The van der Waals surface area contributed by atoms with E-state index in [0.29, 0.717) is 0 Å². The highest BCUT2D eigenvalue weighted by atomic mass is 32.3. The van der Waals surface area contributed by atoms with Gasteiger partial charge in [-0.05, 0) is 39.0 Å². The van der Waals surface area contributed by atoms with E-state index >= 15 is 0 Å². The molecule has 1 rings (SSSR count). The van der Waals surface area contributed by atoms with Crippen LogP contribution in [0.25, 0.3) is 0 Å². The topological polar surface area (TPSA) is 119 Å². The minimum Gasteiger partial charge on any atom is -0.478 e. The maximum absolute atomic E-state index is 12.4. The molecule has 0 spiro atoms. The van der Waals surface area contributed by atoms with Gasteiger partial charge < -0.3 is 14.0 Å². The Labute approximate surface area is 126 Å². The zero-order chi connectivity index (χ0) is 17.1. The number of carboxylic acids is 1. The Hall–Kier alpha value is -2.36. The molecule has 8 nitrogen and oxygen atoms in total. The summed E-state index contributed by atoms with van der Waals surface area (Å²) in [5.41, 5.74) is -1.45. The molecule has 2 N–H and O–H groups in total. The van der Waals surface area contributed by atoms with E-state index in [1.54, 1.807) is 20.8 Å². The molecule has 0 aliphatic heterocycles. The maximum atomic E-state index is 12.4. The summed E-state index contributed by atoms with van der Waals surface area (Å²) < 4.78 is 42.1. The molecule has 1 amide bonds. The fourth-order valence-corrected chi connectivity index (χ4v) is 1.72. The molecular weight excluding hydrogens is 321 g/mol. The average Bonchev–Trinajstić information content (AvgIpc) is 2.26. The van der Waals surface area contributed by atoms with Crippen molar-refractivity contribution in [1.82, 2.24) is 0 Å². The van der Waals surface area contributed by atoms with E-state index in [1.165, 1.54) is 0 Å². The van der Waals surface area contributed by atoms with Crippen LogP contribution in [0, 0.1) is 0 Å². The zero-order valence-corrected chi connectivity index (χ0v) is 12.7. The number of ether oxygens (including phenoxy) is 1. The van der Waals surface area contributed by atoms with Crippen molar-refractivity contribution in [2.75, 3.05) is 5.32 Å². The lowest BCUT2D eigenvalue weighted by Gasteiger charge is -2.20. The Balaban J connectivity index is 3.05. The monoisotopic (exact) mass is 335 g/mol. The molecule has 10 heteroatoms. The van der Waals surface area contributed by atoms with Crippen LogP contribution in [0.15, 0.2) is 18.2 Å². The normalized spacial score (nSPS) is 11.6. The van der Waals surface area contributed by atoms with Crippen molar-refractivity contribution >= 4 is 28.3 Å². The van der Waals surface area contributed by atoms with Crippen LogP contribution < -0.4 is 9.50 Å². The highest BCUT2D eigenvalue weighted by Crippen LogP contribution is 2.24. The van der Waals surface area contributed by atoms with Crippen molar-refractivity contribution in [2.24, 2.45) is 0 Å². The largest absolute Gasteiger partial charge is 0.488 e. The van der Waals surface area contributed by atoms with Crippen LogP contribution in [-0.4, -0.2) is 31.2 Å². The summed E-state index contributed by atoms with van der Waals surface area (Å²) in [6.45, 7) is 4.86. The molecule has 1 aromatic rings. The summed E-state index contributed by atoms with van der Waals surface area (Å²) in [6.07, 6.45) is -0.901.